The Morgan fingerprint density at radius 2 is 1.65 bits per heavy atom. The highest BCUT2D eigenvalue weighted by molar-refractivity contribution is 6.00. The van der Waals surface area contributed by atoms with E-state index in [4.69, 9.17) is 4.74 Å². The number of carbonyl (C=O) groups excluding carboxylic acids is 3. The predicted molar refractivity (Wildman–Crippen MR) is 84.4 cm³/mol. The lowest BCUT2D eigenvalue weighted by atomic mass is 10.1. The van der Waals surface area contributed by atoms with Crippen LogP contribution in [0.2, 0.25) is 0 Å². The number of aromatic nitrogens is 1. The van der Waals surface area contributed by atoms with Gasteiger partial charge in [0.15, 0.2) is 0 Å². The molecule has 126 valence electrons. The van der Waals surface area contributed by atoms with E-state index >= 15 is 0 Å². The Bertz CT molecular complexity index is 636. The summed E-state index contributed by atoms with van der Waals surface area (Å²) in [5, 5.41) is 0. The number of carbonyl (C=O) groups is 3. The zero-order valence-corrected chi connectivity index (χ0v) is 14.1. The van der Waals surface area contributed by atoms with Crippen molar-refractivity contribution in [2.24, 2.45) is 0 Å². The summed E-state index contributed by atoms with van der Waals surface area (Å²) in [6, 6.07) is 0. The van der Waals surface area contributed by atoms with Crippen LogP contribution >= 0.6 is 0 Å². The SMILES string of the molecule is COC(=O)c1c(C)[nH]c(C(=O)N2CCCN(C(C)=O)CC2)c1C. The number of nitrogens with one attached hydrogen (secondary N) is 1. The van der Waals surface area contributed by atoms with Crippen molar-refractivity contribution in [3.05, 3.63) is 22.5 Å². The van der Waals surface area contributed by atoms with E-state index in [1.807, 2.05) is 0 Å². The van der Waals surface area contributed by atoms with E-state index in [0.717, 1.165) is 6.42 Å². The molecule has 0 aliphatic carbocycles. The smallest absolute Gasteiger partial charge is 0.339 e. The van der Waals surface area contributed by atoms with Crippen LogP contribution in [-0.4, -0.2) is 65.9 Å². The minimum atomic E-state index is -0.450. The second kappa shape index (κ2) is 6.85. The molecular weight excluding hydrogens is 298 g/mol. The first-order valence-corrected chi connectivity index (χ1v) is 7.69. The van der Waals surface area contributed by atoms with Crippen LogP contribution in [0.1, 0.15) is 45.4 Å². The molecule has 0 atom stereocenters. The van der Waals surface area contributed by atoms with Crippen LogP contribution < -0.4 is 0 Å². The van der Waals surface area contributed by atoms with Gasteiger partial charge >= 0.3 is 5.97 Å². The van der Waals surface area contributed by atoms with Crippen LogP contribution in [0.25, 0.3) is 0 Å². The molecule has 1 aliphatic rings. The van der Waals surface area contributed by atoms with Crippen molar-refractivity contribution in [1.82, 2.24) is 14.8 Å². The van der Waals surface area contributed by atoms with Crippen molar-refractivity contribution in [1.29, 1.82) is 0 Å². The maximum absolute atomic E-state index is 12.8. The molecule has 1 aromatic rings. The Labute approximate surface area is 135 Å². The molecule has 7 nitrogen and oxygen atoms in total. The molecule has 2 heterocycles. The molecule has 7 heteroatoms. The van der Waals surface area contributed by atoms with Crippen LogP contribution in [-0.2, 0) is 9.53 Å². The standard InChI is InChI=1S/C16H23N3O4/c1-10-13(16(22)23-4)11(2)17-14(10)15(21)19-7-5-6-18(8-9-19)12(3)20/h17H,5-9H2,1-4H3. The number of methoxy groups -OCH3 is 1. The van der Waals surface area contributed by atoms with Gasteiger partial charge in [-0.3, -0.25) is 9.59 Å². The predicted octanol–water partition coefficient (Wildman–Crippen LogP) is 1.11. The van der Waals surface area contributed by atoms with Gasteiger partial charge in [-0.05, 0) is 25.8 Å². The molecule has 2 amide bonds. The van der Waals surface area contributed by atoms with E-state index < -0.39 is 5.97 Å². The molecule has 2 rings (SSSR count). The number of aromatic amines is 1. The number of amides is 2. The number of ether oxygens (including phenoxy) is 1. The molecule has 1 fully saturated rings. The molecule has 0 radical (unpaired) electrons. The Morgan fingerprint density at radius 3 is 2.26 bits per heavy atom. The topological polar surface area (TPSA) is 82.7 Å². The Kier molecular flexibility index (Phi) is 5.08. The first kappa shape index (κ1) is 17.1. The quantitative estimate of drug-likeness (QED) is 0.827. The Morgan fingerprint density at radius 1 is 1.04 bits per heavy atom. The first-order chi connectivity index (χ1) is 10.9. The molecule has 0 spiro atoms. The number of aryl methyl sites for hydroxylation is 1. The van der Waals surface area contributed by atoms with Crippen molar-refractivity contribution in [3.63, 3.8) is 0 Å². The second-order valence-electron chi connectivity index (χ2n) is 5.77. The summed E-state index contributed by atoms with van der Waals surface area (Å²) in [7, 11) is 1.32. The highest BCUT2D eigenvalue weighted by Crippen LogP contribution is 2.21. The first-order valence-electron chi connectivity index (χ1n) is 7.69. The summed E-state index contributed by atoms with van der Waals surface area (Å²) in [6.07, 6.45) is 0.744. The Balaban J connectivity index is 2.21. The fourth-order valence-electron chi connectivity index (χ4n) is 2.97. The van der Waals surface area contributed by atoms with E-state index in [2.05, 4.69) is 4.98 Å². The van der Waals surface area contributed by atoms with E-state index in [0.29, 0.717) is 48.7 Å². The third kappa shape index (κ3) is 3.38. The van der Waals surface area contributed by atoms with Crippen LogP contribution in [0, 0.1) is 13.8 Å². The highest BCUT2D eigenvalue weighted by atomic mass is 16.5. The number of esters is 1. The lowest BCUT2D eigenvalue weighted by molar-refractivity contribution is -0.128. The second-order valence-corrected chi connectivity index (χ2v) is 5.77. The molecule has 1 aliphatic heterocycles. The van der Waals surface area contributed by atoms with Gasteiger partial charge in [0, 0.05) is 38.8 Å². The summed E-state index contributed by atoms with van der Waals surface area (Å²) in [5.41, 5.74) is 2.06. The molecule has 0 aromatic carbocycles. The van der Waals surface area contributed by atoms with Crippen LogP contribution in [0.5, 0.6) is 0 Å². The normalized spacial score (nSPS) is 15.3. The fourth-order valence-corrected chi connectivity index (χ4v) is 2.97. The molecule has 0 unspecified atom stereocenters. The minimum absolute atomic E-state index is 0.0270. The maximum Gasteiger partial charge on any atom is 0.339 e. The van der Waals surface area contributed by atoms with E-state index in [-0.39, 0.29) is 11.8 Å². The molecule has 1 N–H and O–H groups in total. The molecule has 0 saturated carbocycles. The van der Waals surface area contributed by atoms with Gasteiger partial charge in [-0.25, -0.2) is 4.79 Å². The van der Waals surface area contributed by atoms with Gasteiger partial charge in [0.2, 0.25) is 5.91 Å². The Hall–Kier alpha value is -2.31. The van der Waals surface area contributed by atoms with Crippen LogP contribution in [0.3, 0.4) is 0 Å². The summed E-state index contributed by atoms with van der Waals surface area (Å²) in [6.45, 7) is 7.30. The summed E-state index contributed by atoms with van der Waals surface area (Å²) < 4.78 is 4.77. The number of rotatable bonds is 2. The molecule has 1 saturated heterocycles. The van der Waals surface area contributed by atoms with Crippen LogP contribution in [0.4, 0.5) is 0 Å². The van der Waals surface area contributed by atoms with Gasteiger partial charge in [-0.1, -0.05) is 0 Å². The molecule has 0 bridgehead atoms. The number of H-pyrrole nitrogens is 1. The van der Waals surface area contributed by atoms with Gasteiger partial charge in [0.1, 0.15) is 5.69 Å². The van der Waals surface area contributed by atoms with Gasteiger partial charge < -0.3 is 19.5 Å². The van der Waals surface area contributed by atoms with Crippen molar-refractivity contribution in [2.75, 3.05) is 33.3 Å². The van der Waals surface area contributed by atoms with E-state index in [1.165, 1.54) is 7.11 Å². The number of hydrogen-bond donors (Lipinski definition) is 1. The van der Waals surface area contributed by atoms with E-state index in [9.17, 15) is 14.4 Å². The van der Waals surface area contributed by atoms with Gasteiger partial charge in [-0.2, -0.15) is 0 Å². The number of nitrogens with zero attached hydrogens (tertiary/aromatic N) is 2. The van der Waals surface area contributed by atoms with Crippen molar-refractivity contribution >= 4 is 17.8 Å². The summed E-state index contributed by atoms with van der Waals surface area (Å²) in [5.74, 6) is -0.570. The lowest BCUT2D eigenvalue weighted by Crippen LogP contribution is -2.36. The zero-order chi connectivity index (χ0) is 17.1. The monoisotopic (exact) mass is 321 g/mol. The molecule has 23 heavy (non-hydrogen) atoms. The molecule has 1 aromatic heterocycles. The third-order valence-electron chi connectivity index (χ3n) is 4.27. The average molecular weight is 321 g/mol. The van der Waals surface area contributed by atoms with Crippen LogP contribution in [0.15, 0.2) is 0 Å². The van der Waals surface area contributed by atoms with Crippen molar-refractivity contribution < 1.29 is 19.1 Å². The van der Waals surface area contributed by atoms with Gasteiger partial charge in [0.25, 0.3) is 5.91 Å². The zero-order valence-electron chi connectivity index (χ0n) is 14.1. The van der Waals surface area contributed by atoms with Gasteiger partial charge in [0.05, 0.1) is 12.7 Å². The largest absolute Gasteiger partial charge is 0.465 e. The van der Waals surface area contributed by atoms with Crippen molar-refractivity contribution in [2.45, 2.75) is 27.2 Å². The summed E-state index contributed by atoms with van der Waals surface area (Å²) in [4.78, 5) is 42.5. The van der Waals surface area contributed by atoms with E-state index in [1.54, 1.807) is 30.6 Å². The third-order valence-corrected chi connectivity index (χ3v) is 4.27. The maximum atomic E-state index is 12.8. The van der Waals surface area contributed by atoms with Gasteiger partial charge in [-0.15, -0.1) is 0 Å². The molecular formula is C16H23N3O4. The summed E-state index contributed by atoms with van der Waals surface area (Å²) >= 11 is 0. The van der Waals surface area contributed by atoms with Crippen molar-refractivity contribution in [3.8, 4) is 0 Å². The lowest BCUT2D eigenvalue weighted by Gasteiger charge is -2.21. The fraction of sp³-hybridized carbons (Fsp3) is 0.562. The number of hydrogen-bond acceptors (Lipinski definition) is 4. The minimum Gasteiger partial charge on any atom is -0.465 e. The highest BCUT2D eigenvalue weighted by Gasteiger charge is 2.27. The average Bonchev–Trinajstić information content (AvgIpc) is 2.70.